The van der Waals surface area contributed by atoms with Crippen molar-refractivity contribution in [3.8, 4) is 0 Å². The summed E-state index contributed by atoms with van der Waals surface area (Å²) in [6.07, 6.45) is 7.29. The summed E-state index contributed by atoms with van der Waals surface area (Å²) < 4.78 is 20.2. The summed E-state index contributed by atoms with van der Waals surface area (Å²) in [6.45, 7) is 7.86. The number of likely N-dealkylation sites (tertiary alicyclic amines) is 1. The molecule has 0 spiro atoms. The summed E-state index contributed by atoms with van der Waals surface area (Å²) in [5, 5.41) is 0.123. The predicted molar refractivity (Wildman–Crippen MR) is 118 cm³/mol. The van der Waals surface area contributed by atoms with E-state index in [1.807, 2.05) is 20.8 Å². The monoisotopic (exact) mass is 448 g/mol. The highest BCUT2D eigenvalue weighted by molar-refractivity contribution is 6.30. The second-order valence-corrected chi connectivity index (χ2v) is 9.32. The topological polar surface area (TPSA) is 58.6 Å². The van der Waals surface area contributed by atoms with E-state index < -0.39 is 5.60 Å². The second-order valence-electron chi connectivity index (χ2n) is 8.92. The van der Waals surface area contributed by atoms with Crippen LogP contribution in [0.5, 0.6) is 0 Å². The first kappa shape index (κ1) is 23.4. The molecular weight excluding hydrogens is 419 g/mol. The molecule has 1 fully saturated rings. The molecule has 1 aliphatic rings. The molecule has 1 aromatic carbocycles. The van der Waals surface area contributed by atoms with Gasteiger partial charge in [0.2, 0.25) is 0 Å². The second kappa shape index (κ2) is 10.4. The van der Waals surface area contributed by atoms with Crippen LogP contribution in [0.15, 0.2) is 36.9 Å². The Labute approximate surface area is 188 Å². The highest BCUT2D eigenvalue weighted by Crippen LogP contribution is 2.25. The van der Waals surface area contributed by atoms with Crippen LogP contribution in [0, 0.1) is 5.82 Å². The summed E-state index contributed by atoms with van der Waals surface area (Å²) in [6, 6.07) is 5.26. The van der Waals surface area contributed by atoms with Gasteiger partial charge in [0.15, 0.2) is 0 Å². The molecule has 3 rings (SSSR count). The molecule has 0 bridgehead atoms. The lowest BCUT2D eigenvalue weighted by molar-refractivity contribution is 0.0252. The van der Waals surface area contributed by atoms with Gasteiger partial charge in [-0.15, -0.1) is 0 Å². The van der Waals surface area contributed by atoms with Gasteiger partial charge < -0.3 is 9.64 Å². The van der Waals surface area contributed by atoms with Gasteiger partial charge in [-0.1, -0.05) is 23.7 Å². The highest BCUT2D eigenvalue weighted by Gasteiger charge is 2.28. The molecule has 168 valence electrons. The number of ether oxygens (including phenoxy) is 1. The zero-order valence-corrected chi connectivity index (χ0v) is 19.1. The van der Waals surface area contributed by atoms with Crippen molar-refractivity contribution in [2.75, 3.05) is 13.1 Å². The quantitative estimate of drug-likeness (QED) is 0.639. The molecule has 1 amide bonds. The maximum atomic E-state index is 14.6. The number of amides is 1. The van der Waals surface area contributed by atoms with Crippen LogP contribution in [-0.2, 0) is 17.8 Å². The van der Waals surface area contributed by atoms with E-state index in [9.17, 15) is 9.18 Å². The Balaban J connectivity index is 1.75. The van der Waals surface area contributed by atoms with Crippen LogP contribution in [-0.4, -0.2) is 50.6 Å². The fraction of sp³-hybridized carbons (Fsp3) is 0.522. The molecule has 2 aromatic rings. The molecule has 1 unspecified atom stereocenters. The van der Waals surface area contributed by atoms with Gasteiger partial charge >= 0.3 is 6.09 Å². The van der Waals surface area contributed by atoms with Crippen molar-refractivity contribution in [3.63, 3.8) is 0 Å². The SMILES string of the molecule is CC(C)(C)OC(=O)N1CCCC(N(Cc2cncnc2)Cc2cccc(Cl)c2F)CC1. The average molecular weight is 449 g/mol. The third-order valence-electron chi connectivity index (χ3n) is 5.27. The highest BCUT2D eigenvalue weighted by atomic mass is 35.5. The van der Waals surface area contributed by atoms with Gasteiger partial charge in [-0.2, -0.15) is 0 Å². The van der Waals surface area contributed by atoms with E-state index in [0.29, 0.717) is 31.7 Å². The minimum absolute atomic E-state index is 0.123. The summed E-state index contributed by atoms with van der Waals surface area (Å²) in [4.78, 5) is 24.7. The molecule has 1 saturated heterocycles. The molecule has 1 atom stereocenters. The molecule has 2 heterocycles. The third-order valence-corrected chi connectivity index (χ3v) is 5.56. The summed E-state index contributed by atoms with van der Waals surface area (Å²) in [5.74, 6) is -0.387. The number of carbonyl (C=O) groups excluding carboxylic acids is 1. The molecule has 8 heteroatoms. The summed E-state index contributed by atoms with van der Waals surface area (Å²) in [5.41, 5.74) is 0.988. The van der Waals surface area contributed by atoms with Gasteiger partial charge in [-0.3, -0.25) is 4.90 Å². The van der Waals surface area contributed by atoms with E-state index in [1.165, 1.54) is 6.33 Å². The number of carbonyl (C=O) groups is 1. The van der Waals surface area contributed by atoms with E-state index in [1.54, 1.807) is 35.5 Å². The number of aromatic nitrogens is 2. The van der Waals surface area contributed by atoms with E-state index in [-0.39, 0.29) is 23.0 Å². The first-order valence-corrected chi connectivity index (χ1v) is 11.0. The Kier molecular flexibility index (Phi) is 7.84. The number of hydrogen-bond acceptors (Lipinski definition) is 5. The summed E-state index contributed by atoms with van der Waals surface area (Å²) >= 11 is 6.00. The van der Waals surface area contributed by atoms with E-state index in [4.69, 9.17) is 16.3 Å². The van der Waals surface area contributed by atoms with Crippen LogP contribution in [0.2, 0.25) is 5.02 Å². The first-order chi connectivity index (χ1) is 14.7. The molecule has 6 nitrogen and oxygen atoms in total. The van der Waals surface area contributed by atoms with Crippen molar-refractivity contribution < 1.29 is 13.9 Å². The van der Waals surface area contributed by atoms with Crippen LogP contribution in [0.4, 0.5) is 9.18 Å². The zero-order chi connectivity index (χ0) is 22.4. The number of benzene rings is 1. The van der Waals surface area contributed by atoms with Crippen molar-refractivity contribution in [1.82, 2.24) is 19.8 Å². The van der Waals surface area contributed by atoms with E-state index in [0.717, 1.165) is 24.8 Å². The van der Waals surface area contributed by atoms with Gasteiger partial charge in [0, 0.05) is 55.7 Å². The molecule has 0 aliphatic carbocycles. The summed E-state index contributed by atoms with van der Waals surface area (Å²) in [7, 11) is 0. The van der Waals surface area contributed by atoms with Crippen LogP contribution >= 0.6 is 11.6 Å². The molecule has 0 N–H and O–H groups in total. The van der Waals surface area contributed by atoms with Gasteiger partial charge in [-0.05, 0) is 46.1 Å². The van der Waals surface area contributed by atoms with Crippen molar-refractivity contribution in [3.05, 3.63) is 58.9 Å². The van der Waals surface area contributed by atoms with Crippen LogP contribution in [0.1, 0.15) is 51.2 Å². The lowest BCUT2D eigenvalue weighted by Gasteiger charge is -2.31. The fourth-order valence-electron chi connectivity index (χ4n) is 3.80. The number of hydrogen-bond donors (Lipinski definition) is 0. The largest absolute Gasteiger partial charge is 0.444 e. The molecule has 0 radical (unpaired) electrons. The van der Waals surface area contributed by atoms with Crippen molar-refractivity contribution in [1.29, 1.82) is 0 Å². The lowest BCUT2D eigenvalue weighted by atomic mass is 10.0. The zero-order valence-electron chi connectivity index (χ0n) is 18.4. The maximum Gasteiger partial charge on any atom is 0.410 e. The van der Waals surface area contributed by atoms with Gasteiger partial charge in [0.05, 0.1) is 5.02 Å². The Morgan fingerprint density at radius 2 is 1.97 bits per heavy atom. The van der Waals surface area contributed by atoms with Crippen molar-refractivity contribution in [2.45, 2.75) is 64.8 Å². The smallest absolute Gasteiger partial charge is 0.410 e. The number of rotatable bonds is 5. The minimum Gasteiger partial charge on any atom is -0.444 e. The Morgan fingerprint density at radius 3 is 2.68 bits per heavy atom. The van der Waals surface area contributed by atoms with E-state index >= 15 is 0 Å². The van der Waals surface area contributed by atoms with Gasteiger partial charge in [0.1, 0.15) is 17.7 Å². The normalized spacial score (nSPS) is 17.5. The predicted octanol–water partition coefficient (Wildman–Crippen LogP) is 5.06. The van der Waals surface area contributed by atoms with Crippen LogP contribution in [0.25, 0.3) is 0 Å². The molecular formula is C23H30ClFN4O2. The number of nitrogens with zero attached hydrogens (tertiary/aromatic N) is 4. The Bertz CT molecular complexity index is 876. The fourth-order valence-corrected chi connectivity index (χ4v) is 4.00. The standard InChI is InChI=1S/C23H30ClFN4O2/c1-23(2,3)31-22(30)28-10-5-7-19(9-11-28)29(14-17-12-26-16-27-13-17)15-18-6-4-8-20(24)21(18)25/h4,6,8,12-13,16,19H,5,7,9-11,14-15H2,1-3H3. The number of halogens is 2. The molecule has 31 heavy (non-hydrogen) atoms. The van der Waals surface area contributed by atoms with Crippen LogP contribution < -0.4 is 0 Å². The van der Waals surface area contributed by atoms with Crippen molar-refractivity contribution in [2.24, 2.45) is 0 Å². The third kappa shape index (κ3) is 6.87. The average Bonchev–Trinajstić information content (AvgIpc) is 2.97. The maximum absolute atomic E-state index is 14.6. The molecule has 0 saturated carbocycles. The van der Waals surface area contributed by atoms with Gasteiger partial charge in [-0.25, -0.2) is 19.2 Å². The molecule has 1 aliphatic heterocycles. The molecule has 1 aromatic heterocycles. The lowest BCUT2D eigenvalue weighted by Crippen LogP contribution is -2.39. The Hall–Kier alpha value is -2.25. The van der Waals surface area contributed by atoms with E-state index in [2.05, 4.69) is 14.9 Å². The van der Waals surface area contributed by atoms with Gasteiger partial charge in [0.25, 0.3) is 0 Å². The van der Waals surface area contributed by atoms with Crippen molar-refractivity contribution >= 4 is 17.7 Å². The minimum atomic E-state index is -0.522. The first-order valence-electron chi connectivity index (χ1n) is 10.6. The van der Waals surface area contributed by atoms with Crippen LogP contribution in [0.3, 0.4) is 0 Å². The Morgan fingerprint density at radius 1 is 1.23 bits per heavy atom.